The molecule has 0 atom stereocenters. The summed E-state index contributed by atoms with van der Waals surface area (Å²) in [5.74, 6) is 0.380. The van der Waals surface area contributed by atoms with Gasteiger partial charge in [-0.15, -0.1) is 0 Å². The van der Waals surface area contributed by atoms with Crippen molar-refractivity contribution < 1.29 is 9.72 Å². The predicted octanol–water partition coefficient (Wildman–Crippen LogP) is 1.73. The standard InChI is InChI=1S/C12H12ClN5O3/c13-10-6-8(18(20)21)3-4-9(10)12(19)14-5-1-2-11-15-7-16-17-11/h3-4,6-7H,1-2,5H2,(H,14,19)(H,15,16,17). The van der Waals surface area contributed by atoms with Gasteiger partial charge in [-0.1, -0.05) is 11.6 Å². The molecule has 0 saturated heterocycles. The highest BCUT2D eigenvalue weighted by Crippen LogP contribution is 2.22. The van der Waals surface area contributed by atoms with E-state index in [-0.39, 0.29) is 22.2 Å². The molecule has 2 rings (SSSR count). The van der Waals surface area contributed by atoms with Crippen LogP contribution in [0.15, 0.2) is 24.5 Å². The van der Waals surface area contributed by atoms with Gasteiger partial charge in [-0.05, 0) is 12.5 Å². The second-order valence-electron chi connectivity index (χ2n) is 4.21. The van der Waals surface area contributed by atoms with Crippen molar-refractivity contribution in [2.24, 2.45) is 0 Å². The summed E-state index contributed by atoms with van der Waals surface area (Å²) in [5.41, 5.74) is 0.0591. The molecule has 0 aliphatic heterocycles. The van der Waals surface area contributed by atoms with E-state index in [0.29, 0.717) is 19.4 Å². The van der Waals surface area contributed by atoms with Gasteiger partial charge in [-0.3, -0.25) is 20.0 Å². The topological polar surface area (TPSA) is 114 Å². The zero-order chi connectivity index (χ0) is 15.2. The highest BCUT2D eigenvalue weighted by Gasteiger charge is 2.14. The van der Waals surface area contributed by atoms with E-state index in [4.69, 9.17) is 11.6 Å². The first-order valence-electron chi connectivity index (χ1n) is 6.14. The Balaban J connectivity index is 1.87. The van der Waals surface area contributed by atoms with Crippen LogP contribution in [0.4, 0.5) is 5.69 Å². The SMILES string of the molecule is O=C(NCCCc1ncn[nH]1)c1ccc([N+](=O)[O-])cc1Cl. The van der Waals surface area contributed by atoms with Gasteiger partial charge in [-0.2, -0.15) is 5.10 Å². The number of nitrogens with zero attached hydrogens (tertiary/aromatic N) is 3. The zero-order valence-electron chi connectivity index (χ0n) is 10.9. The van der Waals surface area contributed by atoms with Gasteiger partial charge in [0.15, 0.2) is 0 Å². The number of nitrogens with one attached hydrogen (secondary N) is 2. The number of hydrogen-bond acceptors (Lipinski definition) is 5. The largest absolute Gasteiger partial charge is 0.352 e. The Labute approximate surface area is 124 Å². The van der Waals surface area contributed by atoms with Crippen molar-refractivity contribution in [1.29, 1.82) is 0 Å². The van der Waals surface area contributed by atoms with Crippen molar-refractivity contribution in [3.8, 4) is 0 Å². The van der Waals surface area contributed by atoms with Crippen LogP contribution in [0.1, 0.15) is 22.6 Å². The van der Waals surface area contributed by atoms with E-state index in [1.165, 1.54) is 18.5 Å². The summed E-state index contributed by atoms with van der Waals surface area (Å²) in [6, 6.07) is 3.74. The zero-order valence-corrected chi connectivity index (χ0v) is 11.6. The lowest BCUT2D eigenvalue weighted by atomic mass is 10.2. The van der Waals surface area contributed by atoms with Gasteiger partial charge in [0.25, 0.3) is 11.6 Å². The molecule has 8 nitrogen and oxygen atoms in total. The molecule has 9 heteroatoms. The normalized spacial score (nSPS) is 10.3. The van der Waals surface area contributed by atoms with Crippen molar-refractivity contribution in [1.82, 2.24) is 20.5 Å². The lowest BCUT2D eigenvalue weighted by Crippen LogP contribution is -2.25. The Kier molecular flexibility index (Phi) is 4.83. The van der Waals surface area contributed by atoms with E-state index >= 15 is 0 Å². The molecule has 0 spiro atoms. The van der Waals surface area contributed by atoms with Gasteiger partial charge < -0.3 is 5.32 Å². The van der Waals surface area contributed by atoms with Crippen LogP contribution in [0.5, 0.6) is 0 Å². The smallest absolute Gasteiger partial charge is 0.270 e. The molecule has 0 aliphatic rings. The lowest BCUT2D eigenvalue weighted by molar-refractivity contribution is -0.384. The molecule has 1 heterocycles. The van der Waals surface area contributed by atoms with E-state index in [0.717, 1.165) is 11.9 Å². The number of non-ortho nitro benzene ring substituents is 1. The van der Waals surface area contributed by atoms with Gasteiger partial charge in [0, 0.05) is 25.1 Å². The van der Waals surface area contributed by atoms with Crippen LogP contribution >= 0.6 is 11.6 Å². The summed E-state index contributed by atoms with van der Waals surface area (Å²) in [7, 11) is 0. The third kappa shape index (κ3) is 3.99. The van der Waals surface area contributed by atoms with Gasteiger partial charge in [0.05, 0.1) is 15.5 Å². The molecule has 0 unspecified atom stereocenters. The molecule has 21 heavy (non-hydrogen) atoms. The molecule has 110 valence electrons. The maximum absolute atomic E-state index is 11.9. The molecular weight excluding hydrogens is 298 g/mol. The van der Waals surface area contributed by atoms with Crippen LogP contribution in [-0.2, 0) is 6.42 Å². The number of H-pyrrole nitrogens is 1. The number of rotatable bonds is 6. The average Bonchev–Trinajstić information content (AvgIpc) is 2.96. The fourth-order valence-electron chi connectivity index (χ4n) is 1.71. The highest BCUT2D eigenvalue weighted by molar-refractivity contribution is 6.34. The second-order valence-corrected chi connectivity index (χ2v) is 4.62. The van der Waals surface area contributed by atoms with Crippen LogP contribution in [0.2, 0.25) is 5.02 Å². The number of amides is 1. The Morgan fingerprint density at radius 3 is 2.90 bits per heavy atom. The number of halogens is 1. The predicted molar refractivity (Wildman–Crippen MR) is 75.1 cm³/mol. The number of aryl methyl sites for hydroxylation is 1. The maximum Gasteiger partial charge on any atom is 0.270 e. The number of aromatic amines is 1. The highest BCUT2D eigenvalue weighted by atomic mass is 35.5. The van der Waals surface area contributed by atoms with Crippen molar-refractivity contribution in [3.63, 3.8) is 0 Å². The van der Waals surface area contributed by atoms with Crippen LogP contribution in [0.3, 0.4) is 0 Å². The van der Waals surface area contributed by atoms with Crippen LogP contribution in [-0.4, -0.2) is 32.6 Å². The van der Waals surface area contributed by atoms with Crippen LogP contribution in [0.25, 0.3) is 0 Å². The molecule has 1 aromatic heterocycles. The van der Waals surface area contributed by atoms with E-state index in [2.05, 4.69) is 20.5 Å². The number of hydrogen-bond donors (Lipinski definition) is 2. The number of carbonyl (C=O) groups excluding carboxylic acids is 1. The number of nitro benzene ring substituents is 1. The van der Waals surface area contributed by atoms with Crippen molar-refractivity contribution >= 4 is 23.2 Å². The minimum absolute atomic E-state index is 0.0527. The monoisotopic (exact) mass is 309 g/mol. The molecule has 0 bridgehead atoms. The minimum Gasteiger partial charge on any atom is -0.352 e. The Morgan fingerprint density at radius 1 is 1.48 bits per heavy atom. The second kappa shape index (κ2) is 6.80. The first kappa shape index (κ1) is 14.9. The third-order valence-corrected chi connectivity index (χ3v) is 3.06. The van der Waals surface area contributed by atoms with E-state index in [1.54, 1.807) is 0 Å². The Bertz CT molecular complexity index is 644. The fraction of sp³-hybridized carbons (Fsp3) is 0.250. The molecule has 0 fully saturated rings. The van der Waals surface area contributed by atoms with E-state index < -0.39 is 4.92 Å². The summed E-state index contributed by atoms with van der Waals surface area (Å²) < 4.78 is 0. The number of nitro groups is 1. The molecule has 0 saturated carbocycles. The Hall–Kier alpha value is -2.48. The first-order chi connectivity index (χ1) is 10.1. The summed E-state index contributed by atoms with van der Waals surface area (Å²) in [6.07, 6.45) is 2.77. The number of carbonyl (C=O) groups is 1. The van der Waals surface area contributed by atoms with E-state index in [9.17, 15) is 14.9 Å². The molecule has 0 aliphatic carbocycles. The fourth-order valence-corrected chi connectivity index (χ4v) is 1.97. The maximum atomic E-state index is 11.9. The number of benzene rings is 1. The molecule has 2 aromatic rings. The molecule has 1 aromatic carbocycles. The van der Waals surface area contributed by atoms with Gasteiger partial charge in [0.2, 0.25) is 0 Å². The first-order valence-corrected chi connectivity index (χ1v) is 6.52. The van der Waals surface area contributed by atoms with Crippen LogP contribution < -0.4 is 5.32 Å². The van der Waals surface area contributed by atoms with Crippen molar-refractivity contribution in [3.05, 3.63) is 51.1 Å². The molecular formula is C12H12ClN5O3. The summed E-state index contributed by atoms with van der Waals surface area (Å²) in [5, 5.41) is 19.8. The average molecular weight is 310 g/mol. The van der Waals surface area contributed by atoms with Crippen molar-refractivity contribution in [2.75, 3.05) is 6.54 Å². The molecule has 2 N–H and O–H groups in total. The molecule has 1 amide bonds. The van der Waals surface area contributed by atoms with Crippen molar-refractivity contribution in [2.45, 2.75) is 12.8 Å². The number of aromatic nitrogens is 3. The Morgan fingerprint density at radius 2 is 2.29 bits per heavy atom. The minimum atomic E-state index is -0.565. The van der Waals surface area contributed by atoms with Gasteiger partial charge in [-0.25, -0.2) is 4.98 Å². The summed E-state index contributed by atoms with van der Waals surface area (Å²) in [6.45, 7) is 0.437. The van der Waals surface area contributed by atoms with Gasteiger partial charge >= 0.3 is 0 Å². The van der Waals surface area contributed by atoms with E-state index in [1.807, 2.05) is 0 Å². The summed E-state index contributed by atoms with van der Waals surface area (Å²) >= 11 is 5.87. The summed E-state index contributed by atoms with van der Waals surface area (Å²) in [4.78, 5) is 25.9. The third-order valence-electron chi connectivity index (χ3n) is 2.75. The van der Waals surface area contributed by atoms with Gasteiger partial charge in [0.1, 0.15) is 12.2 Å². The van der Waals surface area contributed by atoms with Crippen LogP contribution in [0, 0.1) is 10.1 Å². The lowest BCUT2D eigenvalue weighted by Gasteiger charge is -2.06. The quantitative estimate of drug-likeness (QED) is 0.479. The molecule has 0 radical (unpaired) electrons.